The predicted molar refractivity (Wildman–Crippen MR) is 81.7 cm³/mol. The van der Waals surface area contributed by atoms with E-state index in [0.717, 1.165) is 5.69 Å². The van der Waals surface area contributed by atoms with E-state index in [-0.39, 0.29) is 23.6 Å². The number of halogens is 2. The number of nitrogens with one attached hydrogen (secondary N) is 2. The summed E-state index contributed by atoms with van der Waals surface area (Å²) in [4.78, 5) is 18.8. The Morgan fingerprint density at radius 1 is 1.43 bits per heavy atom. The molecule has 0 aliphatic heterocycles. The topological polar surface area (TPSA) is 78.0 Å². The van der Waals surface area contributed by atoms with Crippen LogP contribution in [0, 0.1) is 5.92 Å². The monoisotopic (exact) mass is 327 g/mol. The van der Waals surface area contributed by atoms with Crippen LogP contribution >= 0.6 is 23.2 Å². The fraction of sp³-hybridized carbons (Fsp3) is 0.286. The lowest BCUT2D eigenvalue weighted by atomic mass is 10.0. The number of aromatic nitrogens is 2. The normalized spacial score (nSPS) is 12.1. The molecule has 0 aliphatic carbocycles. The molecule has 0 aliphatic rings. The Morgan fingerprint density at radius 2 is 2.24 bits per heavy atom. The molecule has 2 aromatic heterocycles. The highest BCUT2D eigenvalue weighted by molar-refractivity contribution is 6.41. The second-order valence-electron chi connectivity index (χ2n) is 4.63. The van der Waals surface area contributed by atoms with Crippen LogP contribution < -0.4 is 5.32 Å². The second-order valence-corrected chi connectivity index (χ2v) is 5.41. The van der Waals surface area contributed by atoms with Crippen molar-refractivity contribution < 1.29 is 9.90 Å². The Bertz CT molecular complexity index is 582. The maximum atomic E-state index is 11.9. The van der Waals surface area contributed by atoms with E-state index >= 15 is 0 Å². The van der Waals surface area contributed by atoms with Crippen molar-refractivity contribution in [2.24, 2.45) is 5.92 Å². The summed E-state index contributed by atoms with van der Waals surface area (Å²) in [5.74, 6) is -0.423. The van der Waals surface area contributed by atoms with E-state index in [1.54, 1.807) is 6.20 Å². The van der Waals surface area contributed by atoms with Crippen molar-refractivity contribution in [2.75, 3.05) is 13.2 Å². The molecule has 1 atom stereocenters. The van der Waals surface area contributed by atoms with Crippen LogP contribution in [0.15, 0.2) is 30.5 Å². The van der Waals surface area contributed by atoms with Gasteiger partial charge in [-0.2, -0.15) is 0 Å². The molecule has 112 valence electrons. The van der Waals surface area contributed by atoms with E-state index in [0.29, 0.717) is 23.7 Å². The van der Waals surface area contributed by atoms with Gasteiger partial charge in [0.2, 0.25) is 0 Å². The zero-order valence-corrected chi connectivity index (χ0v) is 12.7. The number of aromatic amines is 1. The summed E-state index contributed by atoms with van der Waals surface area (Å²) >= 11 is 11.5. The van der Waals surface area contributed by atoms with Crippen LogP contribution in [0.5, 0.6) is 0 Å². The van der Waals surface area contributed by atoms with E-state index in [2.05, 4.69) is 15.3 Å². The predicted octanol–water partition coefficient (Wildman–Crippen LogP) is 2.30. The van der Waals surface area contributed by atoms with Gasteiger partial charge in [-0.25, -0.2) is 0 Å². The molecule has 2 rings (SSSR count). The van der Waals surface area contributed by atoms with E-state index in [9.17, 15) is 9.90 Å². The third kappa shape index (κ3) is 4.46. The standard InChI is InChI=1S/C14H15Cl2N3O2/c15-11-6-12(19-13(11)16)14(21)18-7-9(8-20)5-10-3-1-2-4-17-10/h1-4,6,9,19-20H,5,7-8H2,(H,18,21). The summed E-state index contributed by atoms with van der Waals surface area (Å²) in [7, 11) is 0. The van der Waals surface area contributed by atoms with Gasteiger partial charge in [-0.3, -0.25) is 9.78 Å². The first-order chi connectivity index (χ1) is 10.1. The van der Waals surface area contributed by atoms with Crippen LogP contribution in [-0.2, 0) is 6.42 Å². The number of aliphatic hydroxyl groups is 1. The van der Waals surface area contributed by atoms with Gasteiger partial charge in [-0.15, -0.1) is 0 Å². The van der Waals surface area contributed by atoms with Gasteiger partial charge in [0.1, 0.15) is 10.8 Å². The maximum Gasteiger partial charge on any atom is 0.267 e. The van der Waals surface area contributed by atoms with Crippen molar-refractivity contribution in [2.45, 2.75) is 6.42 Å². The van der Waals surface area contributed by atoms with E-state index < -0.39 is 0 Å². The summed E-state index contributed by atoms with van der Waals surface area (Å²) in [6, 6.07) is 7.07. The van der Waals surface area contributed by atoms with Gasteiger partial charge < -0.3 is 15.4 Å². The Hall–Kier alpha value is -1.56. The lowest BCUT2D eigenvalue weighted by Gasteiger charge is -2.14. The number of hydrogen-bond donors (Lipinski definition) is 3. The van der Waals surface area contributed by atoms with Gasteiger partial charge >= 0.3 is 0 Å². The van der Waals surface area contributed by atoms with E-state index in [4.69, 9.17) is 23.2 Å². The SMILES string of the molecule is O=C(NCC(CO)Cc1ccccn1)c1cc(Cl)c(Cl)[nH]1. The summed E-state index contributed by atoms with van der Waals surface area (Å²) in [5.41, 5.74) is 1.16. The molecule has 5 nitrogen and oxygen atoms in total. The van der Waals surface area contributed by atoms with Gasteiger partial charge in [0.25, 0.3) is 5.91 Å². The zero-order valence-electron chi connectivity index (χ0n) is 11.1. The molecule has 2 aromatic rings. The number of carbonyl (C=O) groups excluding carboxylic acids is 1. The molecule has 3 N–H and O–H groups in total. The van der Waals surface area contributed by atoms with Crippen LogP contribution in [0.1, 0.15) is 16.2 Å². The fourth-order valence-corrected chi connectivity index (χ4v) is 2.19. The highest BCUT2D eigenvalue weighted by atomic mass is 35.5. The zero-order chi connectivity index (χ0) is 15.2. The molecule has 0 saturated carbocycles. The average molecular weight is 328 g/mol. The number of aliphatic hydroxyl groups excluding tert-OH is 1. The summed E-state index contributed by atoms with van der Waals surface area (Å²) < 4.78 is 0. The Morgan fingerprint density at radius 3 is 2.81 bits per heavy atom. The minimum Gasteiger partial charge on any atom is -0.396 e. The summed E-state index contributed by atoms with van der Waals surface area (Å²) in [5, 5.41) is 12.7. The third-order valence-corrected chi connectivity index (χ3v) is 3.70. The van der Waals surface area contributed by atoms with E-state index in [1.165, 1.54) is 6.07 Å². The molecule has 2 heterocycles. The number of H-pyrrole nitrogens is 1. The number of hydrogen-bond acceptors (Lipinski definition) is 3. The van der Waals surface area contributed by atoms with Crippen LogP contribution in [0.4, 0.5) is 0 Å². The van der Waals surface area contributed by atoms with Crippen LogP contribution in [-0.4, -0.2) is 34.1 Å². The highest BCUT2D eigenvalue weighted by Crippen LogP contribution is 2.21. The lowest BCUT2D eigenvalue weighted by Crippen LogP contribution is -2.32. The average Bonchev–Trinajstić information content (AvgIpc) is 2.84. The Kier molecular flexibility index (Phi) is 5.61. The number of carbonyl (C=O) groups is 1. The maximum absolute atomic E-state index is 11.9. The highest BCUT2D eigenvalue weighted by Gasteiger charge is 2.14. The molecule has 21 heavy (non-hydrogen) atoms. The Balaban J connectivity index is 1.89. The number of amides is 1. The van der Waals surface area contributed by atoms with Crippen LogP contribution in [0.25, 0.3) is 0 Å². The number of rotatable bonds is 6. The first kappa shape index (κ1) is 15.8. The van der Waals surface area contributed by atoms with Gasteiger partial charge in [0, 0.05) is 31.0 Å². The molecule has 7 heteroatoms. The van der Waals surface area contributed by atoms with Crippen molar-refractivity contribution in [3.8, 4) is 0 Å². The summed E-state index contributed by atoms with van der Waals surface area (Å²) in [6.45, 7) is 0.295. The molecular formula is C14H15Cl2N3O2. The fourth-order valence-electron chi connectivity index (χ4n) is 1.87. The van der Waals surface area contributed by atoms with Crippen molar-refractivity contribution in [1.82, 2.24) is 15.3 Å². The largest absolute Gasteiger partial charge is 0.396 e. The second kappa shape index (κ2) is 7.45. The molecule has 1 unspecified atom stereocenters. The first-order valence-corrected chi connectivity index (χ1v) is 7.18. The minimum atomic E-state index is -0.316. The smallest absolute Gasteiger partial charge is 0.267 e. The van der Waals surface area contributed by atoms with Crippen molar-refractivity contribution in [3.05, 3.63) is 52.0 Å². The van der Waals surface area contributed by atoms with Crippen molar-refractivity contribution in [1.29, 1.82) is 0 Å². The Labute approximate surface area is 132 Å². The quantitative estimate of drug-likeness (QED) is 0.761. The lowest BCUT2D eigenvalue weighted by molar-refractivity contribution is 0.0935. The first-order valence-electron chi connectivity index (χ1n) is 6.43. The number of pyridine rings is 1. The molecule has 0 aromatic carbocycles. The molecule has 0 radical (unpaired) electrons. The molecular weight excluding hydrogens is 313 g/mol. The minimum absolute atomic E-state index is 0.0386. The van der Waals surface area contributed by atoms with Gasteiger partial charge in [0.15, 0.2) is 0 Å². The molecule has 0 fully saturated rings. The van der Waals surface area contributed by atoms with Gasteiger partial charge in [0.05, 0.1) is 5.02 Å². The molecule has 0 bridgehead atoms. The third-order valence-electron chi connectivity index (χ3n) is 3.00. The van der Waals surface area contributed by atoms with Crippen LogP contribution in [0.3, 0.4) is 0 Å². The van der Waals surface area contributed by atoms with Gasteiger partial charge in [-0.1, -0.05) is 29.3 Å². The van der Waals surface area contributed by atoms with E-state index in [1.807, 2.05) is 18.2 Å². The molecule has 1 amide bonds. The van der Waals surface area contributed by atoms with Crippen LogP contribution in [0.2, 0.25) is 10.2 Å². The molecule has 0 saturated heterocycles. The molecule has 0 spiro atoms. The van der Waals surface area contributed by atoms with Crippen molar-refractivity contribution in [3.63, 3.8) is 0 Å². The number of nitrogens with zero attached hydrogens (tertiary/aromatic N) is 1. The van der Waals surface area contributed by atoms with Gasteiger partial charge in [-0.05, 0) is 24.6 Å². The summed E-state index contributed by atoms with van der Waals surface area (Å²) in [6.07, 6.45) is 2.29. The van der Waals surface area contributed by atoms with Crippen molar-refractivity contribution >= 4 is 29.1 Å².